The summed E-state index contributed by atoms with van der Waals surface area (Å²) in [6, 6.07) is 3.47. The molecule has 1 aromatic carbocycles. The van der Waals surface area contributed by atoms with Crippen molar-refractivity contribution in [3.63, 3.8) is 0 Å². The van der Waals surface area contributed by atoms with Crippen LogP contribution in [0.5, 0.6) is 11.5 Å². The molecule has 1 heterocycles. The molecule has 0 radical (unpaired) electrons. The molecular formula is C14H18BrNO3S. The smallest absolute Gasteiger partial charge is 0.184 e. The van der Waals surface area contributed by atoms with Crippen molar-refractivity contribution in [1.29, 1.82) is 0 Å². The molecule has 1 atom stereocenters. The first-order valence-corrected chi connectivity index (χ1v) is 8.27. The number of carbonyl (C=O) groups is 1. The van der Waals surface area contributed by atoms with E-state index in [1.165, 1.54) is 0 Å². The summed E-state index contributed by atoms with van der Waals surface area (Å²) >= 11 is 5.25. The molecule has 1 unspecified atom stereocenters. The Hall–Kier alpha value is -0.720. The number of thioether (sulfide) groups is 1. The second-order valence-electron chi connectivity index (χ2n) is 4.60. The number of hydrogen-bond donors (Lipinski definition) is 0. The number of halogens is 1. The van der Waals surface area contributed by atoms with Gasteiger partial charge in [0.05, 0.1) is 25.8 Å². The fourth-order valence-electron chi connectivity index (χ4n) is 2.23. The first-order valence-electron chi connectivity index (χ1n) is 6.32. The van der Waals surface area contributed by atoms with Gasteiger partial charge in [0.2, 0.25) is 0 Å². The molecule has 1 saturated heterocycles. The van der Waals surface area contributed by atoms with Crippen LogP contribution in [-0.2, 0) is 0 Å². The van der Waals surface area contributed by atoms with Crippen molar-refractivity contribution in [2.75, 3.05) is 39.3 Å². The summed E-state index contributed by atoms with van der Waals surface area (Å²) in [4.78, 5) is 14.9. The van der Waals surface area contributed by atoms with Gasteiger partial charge in [0.15, 0.2) is 5.78 Å². The van der Waals surface area contributed by atoms with Crippen molar-refractivity contribution in [1.82, 2.24) is 4.90 Å². The van der Waals surface area contributed by atoms with Gasteiger partial charge in [-0.05, 0) is 35.1 Å². The van der Waals surface area contributed by atoms with E-state index in [9.17, 15) is 4.79 Å². The normalized spacial score (nSPS) is 19.7. The fourth-order valence-corrected chi connectivity index (χ4v) is 4.11. The lowest BCUT2D eigenvalue weighted by molar-refractivity contribution is 0.0871. The highest BCUT2D eigenvalue weighted by atomic mass is 79.9. The van der Waals surface area contributed by atoms with Gasteiger partial charge in [-0.15, -0.1) is 0 Å². The Morgan fingerprint density at radius 1 is 1.40 bits per heavy atom. The predicted molar refractivity (Wildman–Crippen MR) is 85.3 cm³/mol. The Morgan fingerprint density at radius 2 is 2.15 bits per heavy atom. The largest absolute Gasteiger partial charge is 0.495 e. The number of rotatable bonds is 4. The number of Topliss-reactive ketones (excluding diaryl/α,β-unsaturated/α-hetero) is 1. The van der Waals surface area contributed by atoms with E-state index in [2.05, 4.69) is 20.8 Å². The number of ether oxygens (including phenoxy) is 2. The molecule has 6 heteroatoms. The third kappa shape index (κ3) is 2.97. The number of methoxy groups -OCH3 is 2. The summed E-state index contributed by atoms with van der Waals surface area (Å²) in [7, 11) is 5.15. The first kappa shape index (κ1) is 15.7. The molecule has 0 spiro atoms. The van der Waals surface area contributed by atoms with Crippen molar-refractivity contribution in [2.45, 2.75) is 6.04 Å². The lowest BCUT2D eigenvalue weighted by Gasteiger charge is -2.31. The fraction of sp³-hybridized carbons (Fsp3) is 0.500. The summed E-state index contributed by atoms with van der Waals surface area (Å²) in [6.45, 7) is 0.931. The molecule has 1 aliphatic heterocycles. The molecule has 1 aromatic rings. The van der Waals surface area contributed by atoms with Gasteiger partial charge >= 0.3 is 0 Å². The Balaban J connectivity index is 2.36. The summed E-state index contributed by atoms with van der Waals surface area (Å²) in [5.74, 6) is 3.19. The minimum Gasteiger partial charge on any atom is -0.495 e. The van der Waals surface area contributed by atoms with Crippen LogP contribution in [0.3, 0.4) is 0 Å². The Kier molecular flexibility index (Phi) is 5.35. The maximum atomic E-state index is 12.7. The molecule has 0 aromatic heterocycles. The van der Waals surface area contributed by atoms with Crippen LogP contribution in [0.1, 0.15) is 10.4 Å². The van der Waals surface area contributed by atoms with Gasteiger partial charge in [-0.25, -0.2) is 0 Å². The first-order chi connectivity index (χ1) is 9.60. The van der Waals surface area contributed by atoms with Gasteiger partial charge in [0.1, 0.15) is 16.0 Å². The van der Waals surface area contributed by atoms with Gasteiger partial charge in [0.25, 0.3) is 0 Å². The van der Waals surface area contributed by atoms with Gasteiger partial charge in [-0.1, -0.05) is 0 Å². The van der Waals surface area contributed by atoms with E-state index in [1.807, 2.05) is 18.8 Å². The van der Waals surface area contributed by atoms with Crippen molar-refractivity contribution < 1.29 is 14.3 Å². The van der Waals surface area contributed by atoms with E-state index in [1.54, 1.807) is 26.4 Å². The minimum atomic E-state index is -0.0945. The standard InChI is InChI=1S/C14H18BrNO3S/c1-16-6-7-20-8-10(16)13(17)9-4-5-11(18-2)12(15)14(9)19-3/h4-5,10H,6-8H2,1-3H3. The molecule has 1 aliphatic rings. The lowest BCUT2D eigenvalue weighted by atomic mass is 10.0. The summed E-state index contributed by atoms with van der Waals surface area (Å²) in [5.41, 5.74) is 0.597. The highest BCUT2D eigenvalue weighted by Gasteiger charge is 2.30. The van der Waals surface area contributed by atoms with Crippen LogP contribution in [0.25, 0.3) is 0 Å². The Bertz CT molecular complexity index is 509. The number of hydrogen-bond acceptors (Lipinski definition) is 5. The van der Waals surface area contributed by atoms with Crippen LogP contribution in [0.15, 0.2) is 16.6 Å². The van der Waals surface area contributed by atoms with Crippen LogP contribution in [0.2, 0.25) is 0 Å². The van der Waals surface area contributed by atoms with E-state index in [0.29, 0.717) is 21.5 Å². The van der Waals surface area contributed by atoms with E-state index in [0.717, 1.165) is 18.1 Å². The third-order valence-electron chi connectivity index (χ3n) is 3.45. The number of carbonyl (C=O) groups excluding carboxylic acids is 1. The Morgan fingerprint density at radius 3 is 2.75 bits per heavy atom. The zero-order valence-corrected chi connectivity index (χ0v) is 14.2. The van der Waals surface area contributed by atoms with E-state index >= 15 is 0 Å². The summed E-state index contributed by atoms with van der Waals surface area (Å²) in [5, 5.41) is 0. The molecule has 4 nitrogen and oxygen atoms in total. The second-order valence-corrected chi connectivity index (χ2v) is 6.54. The minimum absolute atomic E-state index is 0.0945. The van der Waals surface area contributed by atoms with Crippen LogP contribution in [0.4, 0.5) is 0 Å². The number of nitrogens with zero attached hydrogens (tertiary/aromatic N) is 1. The van der Waals surface area contributed by atoms with Crippen molar-refractivity contribution in [2.24, 2.45) is 0 Å². The van der Waals surface area contributed by atoms with Crippen molar-refractivity contribution in [3.8, 4) is 11.5 Å². The molecule has 110 valence electrons. The van der Waals surface area contributed by atoms with E-state index < -0.39 is 0 Å². The average molecular weight is 360 g/mol. The predicted octanol–water partition coefficient (Wildman–Crippen LogP) is 2.70. The second kappa shape index (κ2) is 6.83. The molecule has 2 rings (SSSR count). The molecular weight excluding hydrogens is 342 g/mol. The zero-order valence-electron chi connectivity index (χ0n) is 11.8. The molecule has 0 amide bonds. The molecule has 0 aliphatic carbocycles. The van der Waals surface area contributed by atoms with Crippen LogP contribution >= 0.6 is 27.7 Å². The van der Waals surface area contributed by atoms with E-state index in [4.69, 9.17) is 9.47 Å². The van der Waals surface area contributed by atoms with Crippen LogP contribution in [-0.4, -0.2) is 56.0 Å². The van der Waals surface area contributed by atoms with Crippen LogP contribution in [0, 0.1) is 0 Å². The van der Waals surface area contributed by atoms with Gasteiger partial charge < -0.3 is 9.47 Å². The highest BCUT2D eigenvalue weighted by molar-refractivity contribution is 9.10. The highest BCUT2D eigenvalue weighted by Crippen LogP contribution is 2.38. The van der Waals surface area contributed by atoms with Crippen molar-refractivity contribution in [3.05, 3.63) is 22.2 Å². The molecule has 1 fully saturated rings. The van der Waals surface area contributed by atoms with Gasteiger partial charge in [-0.2, -0.15) is 11.8 Å². The molecule has 20 heavy (non-hydrogen) atoms. The SMILES string of the molecule is COc1ccc(C(=O)C2CSCCN2C)c(OC)c1Br. The maximum absolute atomic E-state index is 12.7. The zero-order chi connectivity index (χ0) is 14.7. The van der Waals surface area contributed by atoms with Crippen LogP contribution < -0.4 is 9.47 Å². The monoisotopic (exact) mass is 359 g/mol. The third-order valence-corrected chi connectivity index (χ3v) is 5.22. The summed E-state index contributed by atoms with van der Waals surface area (Å²) < 4.78 is 11.3. The topological polar surface area (TPSA) is 38.8 Å². The molecule has 0 saturated carbocycles. The number of benzene rings is 1. The lowest BCUT2D eigenvalue weighted by Crippen LogP contribution is -2.44. The quantitative estimate of drug-likeness (QED) is 0.772. The van der Waals surface area contributed by atoms with E-state index in [-0.39, 0.29) is 11.8 Å². The van der Waals surface area contributed by atoms with Gasteiger partial charge in [0, 0.05) is 18.1 Å². The average Bonchev–Trinajstić information content (AvgIpc) is 2.46. The maximum Gasteiger partial charge on any atom is 0.184 e. The Labute approximate surface area is 131 Å². The van der Waals surface area contributed by atoms with Crippen molar-refractivity contribution >= 4 is 33.5 Å². The van der Waals surface area contributed by atoms with Gasteiger partial charge in [-0.3, -0.25) is 9.69 Å². The number of likely N-dealkylation sites (N-methyl/N-ethyl adjacent to an activating group) is 1. The molecule has 0 bridgehead atoms. The molecule has 0 N–H and O–H groups in total. The number of ketones is 1. The summed E-state index contributed by atoms with van der Waals surface area (Å²) in [6.07, 6.45) is 0.